The van der Waals surface area contributed by atoms with Crippen LogP contribution >= 0.6 is 0 Å². The van der Waals surface area contributed by atoms with Crippen LogP contribution in [0, 0.1) is 20.2 Å². The van der Waals surface area contributed by atoms with Crippen LogP contribution in [0.4, 0.5) is 0 Å². The van der Waals surface area contributed by atoms with E-state index in [-0.39, 0.29) is 12.8 Å². The first-order valence-electron chi connectivity index (χ1n) is 6.53. The van der Waals surface area contributed by atoms with Crippen molar-refractivity contribution >= 4 is 7.69 Å². The zero-order chi connectivity index (χ0) is 14.7. The second-order valence-electron chi connectivity index (χ2n) is 4.22. The summed E-state index contributed by atoms with van der Waals surface area (Å²) in [5.41, 5.74) is 0. The third-order valence-electron chi connectivity index (χ3n) is 2.60. The maximum atomic E-state index is 10.7. The van der Waals surface area contributed by atoms with E-state index in [9.17, 15) is 20.2 Å². The molecule has 0 amide bonds. The Balaban J connectivity index is 4.05. The largest absolute Gasteiger partial charge is 0.447 e. The molecule has 0 radical (unpaired) electrons. The molecule has 0 rings (SSSR count). The van der Waals surface area contributed by atoms with Crippen LogP contribution in [0.25, 0.3) is 0 Å². The fourth-order valence-electron chi connectivity index (χ4n) is 1.45. The van der Waals surface area contributed by atoms with Gasteiger partial charge >= 0.3 is 20.1 Å². The normalized spacial score (nSPS) is 13.8. The topological polar surface area (TPSA) is 105 Å². The van der Waals surface area contributed by atoms with Gasteiger partial charge in [0.1, 0.15) is 0 Å². The number of unbranched alkanes of at least 4 members (excludes halogenated alkanes) is 2. The number of nitrogens with zero attached hydrogens (tertiary/aromatic N) is 2. The predicted octanol–water partition coefficient (Wildman–Crippen LogP) is 1.87. The molecule has 0 fully saturated rings. The minimum absolute atomic E-state index is 0.283. The van der Waals surface area contributed by atoms with Gasteiger partial charge in [-0.25, -0.2) is 0 Å². The van der Waals surface area contributed by atoms with E-state index in [1.807, 2.05) is 13.8 Å². The molecule has 0 heterocycles. The molecule has 0 aliphatic heterocycles. The Morgan fingerprint density at radius 1 is 0.947 bits per heavy atom. The van der Waals surface area contributed by atoms with Crippen LogP contribution in [0.2, 0.25) is 0 Å². The minimum Gasteiger partial charge on any atom is -0.352 e. The molecule has 9 heteroatoms. The van der Waals surface area contributed by atoms with E-state index in [4.69, 9.17) is 9.31 Å². The summed E-state index contributed by atoms with van der Waals surface area (Å²) < 4.78 is 9.88. The van der Waals surface area contributed by atoms with Crippen molar-refractivity contribution in [1.29, 1.82) is 0 Å². The first-order valence-corrected chi connectivity index (χ1v) is 6.53. The fraction of sp³-hybridized carbons (Fsp3) is 1.00. The zero-order valence-corrected chi connectivity index (χ0v) is 11.4. The van der Waals surface area contributed by atoms with Crippen LogP contribution in [0.15, 0.2) is 0 Å². The minimum atomic E-state index is -1.15. The third-order valence-corrected chi connectivity index (χ3v) is 2.60. The van der Waals surface area contributed by atoms with Crippen molar-refractivity contribution in [2.75, 3.05) is 0 Å². The van der Waals surface area contributed by atoms with E-state index in [1.165, 1.54) is 0 Å². The summed E-state index contributed by atoms with van der Waals surface area (Å²) in [7, 11) is -0.426. The maximum absolute atomic E-state index is 10.7. The van der Waals surface area contributed by atoms with Crippen molar-refractivity contribution < 1.29 is 19.2 Å². The monoisotopic (exact) mass is 276 g/mol. The second kappa shape index (κ2) is 10.7. The van der Waals surface area contributed by atoms with Gasteiger partial charge in [-0.1, -0.05) is 26.7 Å². The average molecular weight is 276 g/mol. The zero-order valence-electron chi connectivity index (χ0n) is 11.4. The molecule has 2 atom stereocenters. The smallest absolute Gasteiger partial charge is 0.352 e. The second-order valence-corrected chi connectivity index (χ2v) is 4.22. The summed E-state index contributed by atoms with van der Waals surface area (Å²) in [6, 6.07) is 0. The van der Waals surface area contributed by atoms with E-state index in [1.54, 1.807) is 0 Å². The van der Waals surface area contributed by atoms with E-state index >= 15 is 0 Å². The average Bonchev–Trinajstić information content (AvgIpc) is 2.36. The van der Waals surface area contributed by atoms with Gasteiger partial charge in [0.15, 0.2) is 0 Å². The Morgan fingerprint density at radius 3 is 1.58 bits per heavy atom. The van der Waals surface area contributed by atoms with Gasteiger partial charge in [-0.05, 0) is 12.8 Å². The van der Waals surface area contributed by atoms with Gasteiger partial charge < -0.3 is 9.31 Å². The van der Waals surface area contributed by atoms with Crippen LogP contribution in [0.3, 0.4) is 0 Å². The van der Waals surface area contributed by atoms with Gasteiger partial charge in [0, 0.05) is 12.8 Å². The Hall–Kier alpha value is -1.22. The molecule has 0 aliphatic carbocycles. The van der Waals surface area contributed by atoms with Crippen molar-refractivity contribution in [3.8, 4) is 0 Å². The molecule has 0 bridgehead atoms. The molecule has 19 heavy (non-hydrogen) atoms. The third kappa shape index (κ3) is 8.49. The lowest BCUT2D eigenvalue weighted by atomic mass is 10.2. The predicted molar refractivity (Wildman–Crippen MR) is 69.9 cm³/mol. The molecule has 2 unspecified atom stereocenters. The van der Waals surface area contributed by atoms with Gasteiger partial charge in [-0.15, -0.1) is 0 Å². The number of rotatable bonds is 12. The van der Waals surface area contributed by atoms with Gasteiger partial charge in [0.05, 0.1) is 9.85 Å². The number of hydrogen-bond donors (Lipinski definition) is 0. The van der Waals surface area contributed by atoms with E-state index in [0.717, 1.165) is 12.8 Å². The summed E-state index contributed by atoms with van der Waals surface area (Å²) in [6.07, 6.45) is 1.23. The van der Waals surface area contributed by atoms with Gasteiger partial charge in [-0.2, -0.15) is 0 Å². The van der Waals surface area contributed by atoms with Crippen molar-refractivity contribution in [1.82, 2.24) is 0 Å². The van der Waals surface area contributed by atoms with E-state index in [0.29, 0.717) is 12.8 Å². The molecule has 0 spiro atoms. The standard InChI is InChI=1S/C10H21BN2O6/c1-3-5-7-9(12(14)15)18-11-19-10(13(16)17)8-6-4-2/h9-11H,3-8H2,1-2H3. The Kier molecular flexibility index (Phi) is 10.0. The highest BCUT2D eigenvalue weighted by Gasteiger charge is 2.25. The highest BCUT2D eigenvalue weighted by molar-refractivity contribution is 6.18. The highest BCUT2D eigenvalue weighted by atomic mass is 16.7. The van der Waals surface area contributed by atoms with Crippen LogP contribution in [0.5, 0.6) is 0 Å². The van der Waals surface area contributed by atoms with Crippen molar-refractivity contribution in [3.05, 3.63) is 20.2 Å². The quantitative estimate of drug-likeness (QED) is 0.233. The highest BCUT2D eigenvalue weighted by Crippen LogP contribution is 2.08. The summed E-state index contributed by atoms with van der Waals surface area (Å²) in [5, 5.41) is 21.4. The molecule has 0 saturated heterocycles. The Labute approximate surface area is 113 Å². The summed E-state index contributed by atoms with van der Waals surface area (Å²) in [6.45, 7) is 3.84. The van der Waals surface area contributed by atoms with Crippen LogP contribution in [-0.2, 0) is 9.31 Å². The molecule has 8 nitrogen and oxygen atoms in total. The van der Waals surface area contributed by atoms with Crippen LogP contribution in [0.1, 0.15) is 52.4 Å². The summed E-state index contributed by atoms with van der Waals surface area (Å²) >= 11 is 0. The van der Waals surface area contributed by atoms with E-state index < -0.39 is 30.0 Å². The van der Waals surface area contributed by atoms with Crippen molar-refractivity contribution in [3.63, 3.8) is 0 Å². The molecule has 0 saturated carbocycles. The molecular formula is C10H21BN2O6. The number of nitro groups is 2. The van der Waals surface area contributed by atoms with Crippen LogP contribution < -0.4 is 0 Å². The summed E-state index contributed by atoms with van der Waals surface area (Å²) in [5.74, 6) is 0. The molecule has 0 N–H and O–H groups in total. The lowest BCUT2D eigenvalue weighted by Gasteiger charge is -2.12. The van der Waals surface area contributed by atoms with Gasteiger partial charge in [-0.3, -0.25) is 20.2 Å². The Morgan fingerprint density at radius 2 is 1.32 bits per heavy atom. The van der Waals surface area contributed by atoms with Crippen molar-refractivity contribution in [2.24, 2.45) is 0 Å². The SMILES string of the molecule is CCCCC(OBOC(CCCC)[N+](=O)[O-])[N+](=O)[O-]. The molecule has 0 aliphatic rings. The van der Waals surface area contributed by atoms with Crippen LogP contribution in [-0.4, -0.2) is 30.0 Å². The Bertz CT molecular complexity index is 253. The van der Waals surface area contributed by atoms with Gasteiger partial charge in [0.25, 0.3) is 0 Å². The van der Waals surface area contributed by atoms with E-state index in [2.05, 4.69) is 0 Å². The fourth-order valence-corrected chi connectivity index (χ4v) is 1.45. The first-order chi connectivity index (χ1) is 9.02. The lowest BCUT2D eigenvalue weighted by molar-refractivity contribution is -0.575. The lowest BCUT2D eigenvalue weighted by Crippen LogP contribution is -2.31. The first kappa shape index (κ1) is 17.8. The molecule has 0 aromatic carbocycles. The molecule has 0 aromatic heterocycles. The maximum Gasteiger partial charge on any atom is 0.447 e. The number of hydrogen-bond acceptors (Lipinski definition) is 6. The molecule has 0 aromatic rings. The van der Waals surface area contributed by atoms with Crippen molar-refractivity contribution in [2.45, 2.75) is 64.8 Å². The molecule has 110 valence electrons. The summed E-state index contributed by atoms with van der Waals surface area (Å²) in [4.78, 5) is 20.3. The van der Waals surface area contributed by atoms with Gasteiger partial charge in [0.2, 0.25) is 0 Å². The molecular weight excluding hydrogens is 255 g/mol.